The van der Waals surface area contributed by atoms with Crippen LogP contribution in [0.2, 0.25) is 0 Å². The number of para-hydroxylation sites is 1. The lowest BCUT2D eigenvalue weighted by molar-refractivity contribution is -0.274. The molecule has 0 saturated carbocycles. The van der Waals surface area contributed by atoms with E-state index in [0.29, 0.717) is 5.56 Å². The minimum atomic E-state index is -4.67. The summed E-state index contributed by atoms with van der Waals surface area (Å²) in [5.41, 5.74) is 1.47. The van der Waals surface area contributed by atoms with E-state index < -0.39 is 6.36 Å². The number of alkyl halides is 3. The van der Waals surface area contributed by atoms with Gasteiger partial charge in [-0.15, -0.1) is 13.2 Å². The number of rotatable bonds is 3. The number of aliphatic imine (C=N–C) groups is 1. The third kappa shape index (κ3) is 4.46. The molecule has 0 spiro atoms. The van der Waals surface area contributed by atoms with Crippen molar-refractivity contribution in [1.82, 2.24) is 0 Å². The molecule has 0 amide bonds. The topological polar surface area (TPSA) is 21.6 Å². The predicted octanol–water partition coefficient (Wildman–Crippen LogP) is 4.34. The molecule has 0 aliphatic carbocycles. The van der Waals surface area contributed by atoms with Gasteiger partial charge in [-0.25, -0.2) is 0 Å². The summed E-state index contributed by atoms with van der Waals surface area (Å²) < 4.78 is 39.7. The molecule has 0 fully saturated rings. The van der Waals surface area contributed by atoms with Gasteiger partial charge in [-0.1, -0.05) is 18.2 Å². The lowest BCUT2D eigenvalue weighted by Crippen LogP contribution is -2.16. The summed E-state index contributed by atoms with van der Waals surface area (Å²) in [5, 5.41) is 0. The summed E-state index contributed by atoms with van der Waals surface area (Å²) >= 11 is 0. The minimum Gasteiger partial charge on any atom is -0.406 e. The molecule has 0 N–H and O–H groups in total. The molecule has 0 aliphatic rings. The third-order valence-electron chi connectivity index (χ3n) is 2.23. The minimum absolute atomic E-state index is 0.246. The molecule has 0 heterocycles. The van der Waals surface area contributed by atoms with Crippen LogP contribution in [0.15, 0.2) is 59.6 Å². The van der Waals surface area contributed by atoms with E-state index in [2.05, 4.69) is 9.73 Å². The average molecular weight is 265 g/mol. The van der Waals surface area contributed by atoms with E-state index in [4.69, 9.17) is 0 Å². The van der Waals surface area contributed by atoms with Crippen molar-refractivity contribution in [3.05, 3.63) is 60.2 Å². The molecule has 0 radical (unpaired) electrons. The van der Waals surface area contributed by atoms with Crippen LogP contribution in [0.4, 0.5) is 18.9 Å². The Morgan fingerprint density at radius 2 is 1.53 bits per heavy atom. The van der Waals surface area contributed by atoms with Crippen LogP contribution >= 0.6 is 0 Å². The van der Waals surface area contributed by atoms with Crippen LogP contribution in [0.5, 0.6) is 5.75 Å². The van der Waals surface area contributed by atoms with Crippen molar-refractivity contribution in [2.24, 2.45) is 4.99 Å². The highest BCUT2D eigenvalue weighted by Gasteiger charge is 2.30. The Morgan fingerprint density at radius 3 is 2.11 bits per heavy atom. The van der Waals surface area contributed by atoms with Crippen LogP contribution in [-0.2, 0) is 0 Å². The van der Waals surface area contributed by atoms with E-state index in [0.717, 1.165) is 5.69 Å². The molecule has 0 saturated heterocycles. The molecule has 98 valence electrons. The SMILES string of the molecule is FC(F)(F)Oc1ccc(C=Nc2ccccc2)cc1. The molecule has 2 nitrogen and oxygen atoms in total. The molecule has 19 heavy (non-hydrogen) atoms. The summed E-state index contributed by atoms with van der Waals surface area (Å²) in [5.74, 6) is -0.246. The lowest BCUT2D eigenvalue weighted by Gasteiger charge is -2.08. The fraction of sp³-hybridized carbons (Fsp3) is 0.0714. The summed E-state index contributed by atoms with van der Waals surface area (Å²) in [6, 6.07) is 14.8. The van der Waals surface area contributed by atoms with Crippen molar-refractivity contribution in [3.8, 4) is 5.75 Å². The Kier molecular flexibility index (Phi) is 3.85. The fourth-order valence-electron chi connectivity index (χ4n) is 1.42. The number of hydrogen-bond donors (Lipinski definition) is 0. The zero-order chi connectivity index (χ0) is 13.7. The van der Waals surface area contributed by atoms with Crippen molar-refractivity contribution in [1.29, 1.82) is 0 Å². The average Bonchev–Trinajstić information content (AvgIpc) is 2.37. The molecule has 0 unspecified atom stereocenters. The predicted molar refractivity (Wildman–Crippen MR) is 66.8 cm³/mol. The maximum absolute atomic E-state index is 12.0. The summed E-state index contributed by atoms with van der Waals surface area (Å²) in [7, 11) is 0. The van der Waals surface area contributed by atoms with E-state index in [-0.39, 0.29) is 5.75 Å². The lowest BCUT2D eigenvalue weighted by atomic mass is 10.2. The molecule has 0 aliphatic heterocycles. The van der Waals surface area contributed by atoms with Gasteiger partial charge in [-0.05, 0) is 42.0 Å². The normalized spacial score (nSPS) is 11.7. The van der Waals surface area contributed by atoms with E-state index in [9.17, 15) is 13.2 Å². The van der Waals surface area contributed by atoms with E-state index in [1.807, 2.05) is 30.3 Å². The van der Waals surface area contributed by atoms with Gasteiger partial charge in [0.15, 0.2) is 0 Å². The van der Waals surface area contributed by atoms with Gasteiger partial charge < -0.3 is 4.74 Å². The number of benzene rings is 2. The fourth-order valence-corrected chi connectivity index (χ4v) is 1.42. The Bertz CT molecular complexity index is 547. The molecular formula is C14H10F3NO. The molecule has 0 aromatic heterocycles. The molecule has 0 atom stereocenters. The zero-order valence-corrected chi connectivity index (χ0v) is 9.76. The van der Waals surface area contributed by atoms with Crippen LogP contribution in [0.25, 0.3) is 0 Å². The van der Waals surface area contributed by atoms with Crippen molar-refractivity contribution >= 4 is 11.9 Å². The van der Waals surface area contributed by atoms with Gasteiger partial charge in [-0.2, -0.15) is 0 Å². The summed E-state index contributed by atoms with van der Waals surface area (Å²) in [4.78, 5) is 4.19. The van der Waals surface area contributed by atoms with Crippen LogP contribution in [0.1, 0.15) is 5.56 Å². The maximum Gasteiger partial charge on any atom is 0.573 e. The second-order valence-corrected chi connectivity index (χ2v) is 3.71. The second-order valence-electron chi connectivity index (χ2n) is 3.71. The van der Waals surface area contributed by atoms with E-state index in [1.54, 1.807) is 6.21 Å². The second kappa shape index (κ2) is 5.56. The van der Waals surface area contributed by atoms with Gasteiger partial charge in [0.25, 0.3) is 0 Å². The van der Waals surface area contributed by atoms with Gasteiger partial charge in [0, 0.05) is 6.21 Å². The standard InChI is InChI=1S/C14H10F3NO/c15-14(16,17)19-13-8-6-11(7-9-13)10-18-12-4-2-1-3-5-12/h1-10H. The number of hydrogen-bond acceptors (Lipinski definition) is 2. The smallest absolute Gasteiger partial charge is 0.406 e. The monoisotopic (exact) mass is 265 g/mol. The first-order valence-corrected chi connectivity index (χ1v) is 5.48. The third-order valence-corrected chi connectivity index (χ3v) is 2.23. The van der Waals surface area contributed by atoms with Crippen LogP contribution in [-0.4, -0.2) is 12.6 Å². The molecule has 0 bridgehead atoms. The van der Waals surface area contributed by atoms with Crippen molar-refractivity contribution in [2.75, 3.05) is 0 Å². The van der Waals surface area contributed by atoms with Crippen LogP contribution < -0.4 is 4.74 Å². The first kappa shape index (κ1) is 13.1. The van der Waals surface area contributed by atoms with Gasteiger partial charge in [0.2, 0.25) is 0 Å². The van der Waals surface area contributed by atoms with E-state index >= 15 is 0 Å². The molecule has 2 aromatic rings. The van der Waals surface area contributed by atoms with Crippen molar-refractivity contribution in [3.63, 3.8) is 0 Å². The van der Waals surface area contributed by atoms with E-state index in [1.165, 1.54) is 24.3 Å². The number of ether oxygens (including phenoxy) is 1. The highest BCUT2D eigenvalue weighted by atomic mass is 19.4. The first-order valence-electron chi connectivity index (χ1n) is 5.48. The van der Waals surface area contributed by atoms with Gasteiger partial charge in [0.1, 0.15) is 5.75 Å². The molecule has 5 heteroatoms. The van der Waals surface area contributed by atoms with Crippen LogP contribution in [0.3, 0.4) is 0 Å². The van der Waals surface area contributed by atoms with Gasteiger partial charge >= 0.3 is 6.36 Å². The van der Waals surface area contributed by atoms with Gasteiger partial charge in [-0.3, -0.25) is 4.99 Å². The summed E-state index contributed by atoms with van der Waals surface area (Å²) in [6.45, 7) is 0. The Hall–Kier alpha value is -2.30. The first-order chi connectivity index (χ1) is 9.03. The highest BCUT2D eigenvalue weighted by Crippen LogP contribution is 2.22. The molecular weight excluding hydrogens is 255 g/mol. The largest absolute Gasteiger partial charge is 0.573 e. The maximum atomic E-state index is 12.0. The number of nitrogens with zero attached hydrogens (tertiary/aromatic N) is 1. The Morgan fingerprint density at radius 1 is 0.895 bits per heavy atom. The summed E-state index contributed by atoms with van der Waals surface area (Å²) in [6.07, 6.45) is -3.09. The Balaban J connectivity index is 2.05. The Labute approximate surface area is 108 Å². The van der Waals surface area contributed by atoms with Gasteiger partial charge in [0.05, 0.1) is 5.69 Å². The molecule has 2 rings (SSSR count). The van der Waals surface area contributed by atoms with Crippen molar-refractivity contribution in [2.45, 2.75) is 6.36 Å². The van der Waals surface area contributed by atoms with Crippen molar-refractivity contribution < 1.29 is 17.9 Å². The zero-order valence-electron chi connectivity index (χ0n) is 9.76. The quantitative estimate of drug-likeness (QED) is 0.757. The van der Waals surface area contributed by atoms with Crippen LogP contribution in [0, 0.1) is 0 Å². The highest BCUT2D eigenvalue weighted by molar-refractivity contribution is 5.82. The number of halogens is 3. The molecule has 2 aromatic carbocycles.